The highest BCUT2D eigenvalue weighted by Gasteiger charge is 2.25. The quantitative estimate of drug-likeness (QED) is 0.768. The number of hydrogen-bond donors (Lipinski definition) is 3. The number of hydrogen-bond acceptors (Lipinski definition) is 3. The number of aromatic nitrogens is 1. The van der Waals surface area contributed by atoms with Gasteiger partial charge in [-0.15, -0.1) is 0 Å². The Morgan fingerprint density at radius 1 is 1.41 bits per heavy atom. The Bertz CT molecular complexity index is 659. The van der Waals surface area contributed by atoms with Gasteiger partial charge in [-0.2, -0.15) is 0 Å². The molecule has 0 fully saturated rings. The Kier molecular flexibility index (Phi) is 4.76. The number of carbonyl (C=O) groups is 1. The molecule has 5 heteroatoms. The summed E-state index contributed by atoms with van der Waals surface area (Å²) >= 11 is 0. The van der Waals surface area contributed by atoms with E-state index in [2.05, 4.69) is 10.3 Å². The minimum absolute atomic E-state index is 0.0595. The topological polar surface area (TPSA) is 74.3 Å². The summed E-state index contributed by atoms with van der Waals surface area (Å²) in [5.74, 6) is 0.603. The van der Waals surface area contributed by atoms with E-state index >= 15 is 0 Å². The van der Waals surface area contributed by atoms with Crippen molar-refractivity contribution in [3.05, 3.63) is 30.0 Å². The first-order valence-electron chi connectivity index (χ1n) is 7.59. The van der Waals surface area contributed by atoms with Gasteiger partial charge >= 0.3 is 0 Å². The fourth-order valence-corrected chi connectivity index (χ4v) is 2.04. The number of rotatable bonds is 6. The lowest BCUT2D eigenvalue weighted by Gasteiger charge is -2.27. The summed E-state index contributed by atoms with van der Waals surface area (Å²) in [6, 6.07) is 7.47. The first-order chi connectivity index (χ1) is 10.3. The largest absolute Gasteiger partial charge is 0.494 e. The molecule has 0 saturated heterocycles. The van der Waals surface area contributed by atoms with Crippen molar-refractivity contribution in [2.24, 2.45) is 5.92 Å². The van der Waals surface area contributed by atoms with Crippen LogP contribution in [0.1, 0.15) is 38.2 Å². The second-order valence-electron chi connectivity index (χ2n) is 6.06. The van der Waals surface area contributed by atoms with Crippen LogP contribution in [0.2, 0.25) is 0 Å². The van der Waals surface area contributed by atoms with Gasteiger partial charge in [-0.25, -0.2) is 0 Å². The zero-order chi connectivity index (χ0) is 16.3. The minimum atomic E-state index is -0.927. The molecular weight excluding hydrogens is 280 g/mol. The molecule has 1 unspecified atom stereocenters. The Hall–Kier alpha value is -2.01. The van der Waals surface area contributed by atoms with Gasteiger partial charge in [0, 0.05) is 23.5 Å². The number of benzene rings is 1. The van der Waals surface area contributed by atoms with E-state index in [4.69, 9.17) is 4.74 Å². The van der Waals surface area contributed by atoms with E-state index in [0.29, 0.717) is 12.3 Å². The van der Waals surface area contributed by atoms with Gasteiger partial charge in [-0.3, -0.25) is 4.79 Å². The smallest absolute Gasteiger partial charge is 0.267 e. The lowest BCUT2D eigenvalue weighted by molar-refractivity contribution is 0.0142. The minimum Gasteiger partial charge on any atom is -0.494 e. The molecule has 1 atom stereocenters. The zero-order valence-electron chi connectivity index (χ0n) is 13.6. The molecular formula is C17H24N2O3. The molecule has 0 spiro atoms. The van der Waals surface area contributed by atoms with Crippen molar-refractivity contribution in [3.63, 3.8) is 0 Å². The Morgan fingerprint density at radius 3 is 2.77 bits per heavy atom. The third-order valence-corrected chi connectivity index (χ3v) is 4.00. The van der Waals surface area contributed by atoms with Crippen molar-refractivity contribution in [1.82, 2.24) is 10.3 Å². The predicted octanol–water partition coefficient (Wildman–Crippen LogP) is 2.70. The number of nitrogens with one attached hydrogen (secondary N) is 2. The molecule has 1 amide bonds. The number of aliphatic hydroxyl groups is 1. The third-order valence-electron chi connectivity index (χ3n) is 4.00. The van der Waals surface area contributed by atoms with Crippen LogP contribution in [0.15, 0.2) is 24.3 Å². The van der Waals surface area contributed by atoms with Crippen molar-refractivity contribution in [1.29, 1.82) is 0 Å². The molecule has 1 aromatic heterocycles. The van der Waals surface area contributed by atoms with Crippen molar-refractivity contribution < 1.29 is 14.6 Å². The Morgan fingerprint density at radius 2 is 2.14 bits per heavy atom. The van der Waals surface area contributed by atoms with E-state index in [1.165, 1.54) is 0 Å². The van der Waals surface area contributed by atoms with Gasteiger partial charge in [-0.1, -0.05) is 13.8 Å². The van der Waals surface area contributed by atoms with Crippen molar-refractivity contribution >= 4 is 16.8 Å². The Labute approximate surface area is 130 Å². The maximum absolute atomic E-state index is 12.2. The van der Waals surface area contributed by atoms with Crippen LogP contribution in [0.25, 0.3) is 10.9 Å². The van der Waals surface area contributed by atoms with Crippen molar-refractivity contribution in [3.8, 4) is 5.75 Å². The van der Waals surface area contributed by atoms with Crippen LogP contribution in [0.5, 0.6) is 5.75 Å². The van der Waals surface area contributed by atoms with Crippen LogP contribution in [0.3, 0.4) is 0 Å². The molecule has 0 saturated carbocycles. The lowest BCUT2D eigenvalue weighted by atomic mass is 9.92. The number of amides is 1. The van der Waals surface area contributed by atoms with E-state index in [9.17, 15) is 9.90 Å². The molecule has 0 radical (unpaired) electrons. The van der Waals surface area contributed by atoms with E-state index in [1.807, 2.05) is 39.0 Å². The Balaban J connectivity index is 2.12. The highest BCUT2D eigenvalue weighted by molar-refractivity contribution is 5.98. The van der Waals surface area contributed by atoms with E-state index in [0.717, 1.165) is 16.7 Å². The van der Waals surface area contributed by atoms with Gasteiger partial charge in [0.15, 0.2) is 0 Å². The van der Waals surface area contributed by atoms with Gasteiger partial charge < -0.3 is 20.1 Å². The van der Waals surface area contributed by atoms with Crippen LogP contribution in [0, 0.1) is 5.92 Å². The van der Waals surface area contributed by atoms with Gasteiger partial charge in [0.2, 0.25) is 0 Å². The van der Waals surface area contributed by atoms with E-state index in [1.54, 1.807) is 13.0 Å². The van der Waals surface area contributed by atoms with Gasteiger partial charge in [0.1, 0.15) is 11.4 Å². The first kappa shape index (κ1) is 16.4. The molecule has 3 N–H and O–H groups in total. The molecule has 1 aromatic carbocycles. The van der Waals surface area contributed by atoms with Crippen LogP contribution in [0.4, 0.5) is 0 Å². The molecule has 120 valence electrons. The zero-order valence-corrected chi connectivity index (χ0v) is 13.6. The van der Waals surface area contributed by atoms with E-state index in [-0.39, 0.29) is 18.4 Å². The monoisotopic (exact) mass is 304 g/mol. The fraction of sp³-hybridized carbons (Fsp3) is 0.471. The predicted molar refractivity (Wildman–Crippen MR) is 87.3 cm³/mol. The molecule has 2 rings (SSSR count). The summed E-state index contributed by atoms with van der Waals surface area (Å²) < 4.78 is 5.45. The maximum atomic E-state index is 12.2. The van der Waals surface area contributed by atoms with Gasteiger partial charge in [0.25, 0.3) is 5.91 Å². The van der Waals surface area contributed by atoms with E-state index < -0.39 is 5.60 Å². The maximum Gasteiger partial charge on any atom is 0.267 e. The highest BCUT2D eigenvalue weighted by Crippen LogP contribution is 2.22. The summed E-state index contributed by atoms with van der Waals surface area (Å²) in [4.78, 5) is 15.3. The molecule has 5 nitrogen and oxygen atoms in total. The average Bonchev–Trinajstić information content (AvgIpc) is 2.88. The number of aromatic amines is 1. The summed E-state index contributed by atoms with van der Waals surface area (Å²) in [5.41, 5.74) is 0.402. The molecule has 0 aliphatic rings. The molecule has 22 heavy (non-hydrogen) atoms. The molecule has 0 aliphatic heterocycles. The summed E-state index contributed by atoms with van der Waals surface area (Å²) in [7, 11) is 0. The molecule has 2 aromatic rings. The first-order valence-corrected chi connectivity index (χ1v) is 7.59. The standard InChI is InChI=1S/C17H24N2O3/c1-5-22-13-7-6-12-8-15(19-14(12)9-13)16(20)18-10-17(4,21)11(2)3/h6-9,11,19,21H,5,10H2,1-4H3,(H,18,20). The molecule has 1 heterocycles. The summed E-state index contributed by atoms with van der Waals surface area (Å²) in [6.07, 6.45) is 0. The van der Waals surface area contributed by atoms with Crippen LogP contribution in [-0.4, -0.2) is 34.8 Å². The third kappa shape index (κ3) is 3.60. The fourth-order valence-electron chi connectivity index (χ4n) is 2.04. The number of fused-ring (bicyclic) bond motifs is 1. The highest BCUT2D eigenvalue weighted by atomic mass is 16.5. The molecule has 0 aliphatic carbocycles. The number of carbonyl (C=O) groups excluding carboxylic acids is 1. The molecule has 0 bridgehead atoms. The van der Waals surface area contributed by atoms with Crippen LogP contribution >= 0.6 is 0 Å². The second-order valence-corrected chi connectivity index (χ2v) is 6.06. The normalized spacial score (nSPS) is 14.1. The second kappa shape index (κ2) is 6.40. The van der Waals surface area contributed by atoms with Crippen LogP contribution < -0.4 is 10.1 Å². The number of H-pyrrole nitrogens is 1. The van der Waals surface area contributed by atoms with Gasteiger partial charge in [0.05, 0.1) is 12.2 Å². The SMILES string of the molecule is CCOc1ccc2cc(C(=O)NCC(C)(O)C(C)C)[nH]c2c1. The summed E-state index contributed by atoms with van der Waals surface area (Å²) in [6.45, 7) is 8.30. The average molecular weight is 304 g/mol. The van der Waals surface area contributed by atoms with Crippen molar-refractivity contribution in [2.45, 2.75) is 33.3 Å². The number of ether oxygens (including phenoxy) is 1. The van der Waals surface area contributed by atoms with Crippen LogP contribution in [-0.2, 0) is 0 Å². The lowest BCUT2D eigenvalue weighted by Crippen LogP contribution is -2.44. The summed E-state index contributed by atoms with van der Waals surface area (Å²) in [5, 5.41) is 13.9. The van der Waals surface area contributed by atoms with Crippen molar-refractivity contribution in [2.75, 3.05) is 13.2 Å². The van der Waals surface area contributed by atoms with Gasteiger partial charge in [-0.05, 0) is 38.0 Å².